The van der Waals surface area contributed by atoms with Gasteiger partial charge in [-0.3, -0.25) is 48.6 Å². The number of nitrogens with two attached hydrogens (primary N) is 1. The van der Waals surface area contributed by atoms with Crippen molar-refractivity contribution in [2.75, 3.05) is 120 Å². The molecule has 0 atom stereocenters. The van der Waals surface area contributed by atoms with Crippen molar-refractivity contribution in [2.24, 2.45) is 5.14 Å². The molecule has 0 bridgehead atoms. The molecule has 3 fully saturated rings. The summed E-state index contributed by atoms with van der Waals surface area (Å²) in [5.41, 5.74) is -0.692. The molecule has 3 aliphatic rings. The fraction of sp³-hybridized carbons (Fsp3) is 0.381. The van der Waals surface area contributed by atoms with Crippen LogP contribution in [-0.4, -0.2) is 194 Å². The van der Waals surface area contributed by atoms with E-state index in [0.29, 0.717) is 91.7 Å². The van der Waals surface area contributed by atoms with E-state index in [4.69, 9.17) is 31.4 Å². The van der Waals surface area contributed by atoms with E-state index in [1.165, 1.54) is 6.20 Å². The number of nitrogens with one attached hydrogen (secondary N) is 2. The number of benzene rings is 4. The van der Waals surface area contributed by atoms with E-state index in [1.54, 1.807) is 40.4 Å². The molecule has 538 valence electrons. The van der Waals surface area contributed by atoms with Crippen LogP contribution in [-0.2, 0) is 49.2 Å². The van der Waals surface area contributed by atoms with Gasteiger partial charge in [0.2, 0.25) is 40.7 Å². The van der Waals surface area contributed by atoms with E-state index >= 15 is 4.39 Å². The Labute approximate surface area is 604 Å². The average Bonchev–Trinajstić information content (AvgIpc) is 0.792. The van der Waals surface area contributed by atoms with Crippen molar-refractivity contribution in [1.29, 1.82) is 0 Å². The largest absolute Gasteiger partial charge is 0.393 e. The van der Waals surface area contributed by atoms with E-state index in [-0.39, 0.29) is 42.3 Å². The van der Waals surface area contributed by atoms with Crippen LogP contribution in [0.5, 0.6) is 0 Å². The predicted octanol–water partition coefficient (Wildman–Crippen LogP) is 8.69. The van der Waals surface area contributed by atoms with Crippen molar-refractivity contribution in [3.63, 3.8) is 0 Å². The first-order chi connectivity index (χ1) is 46.8. The van der Waals surface area contributed by atoms with Gasteiger partial charge in [0.25, 0.3) is 5.91 Å². The van der Waals surface area contributed by atoms with Crippen molar-refractivity contribution in [2.45, 2.75) is 55.5 Å². The van der Waals surface area contributed by atoms with Crippen molar-refractivity contribution in [3.05, 3.63) is 164 Å². The molecule has 3 aromatic heterocycles. The third-order valence-electron chi connectivity index (χ3n) is 14.3. The molecule has 3 saturated heterocycles. The van der Waals surface area contributed by atoms with Gasteiger partial charge in [0.05, 0.1) is 86.4 Å². The van der Waals surface area contributed by atoms with Crippen LogP contribution in [0.15, 0.2) is 159 Å². The highest BCUT2D eigenvalue weighted by molar-refractivity contribution is 9.19. The fourth-order valence-electron chi connectivity index (χ4n) is 9.50. The molecule has 6 heterocycles. The SMILES string of the molecule is CS(=O)(=O)NC(=O)CBr.CS(=O)(=O)NC(=O)COCC1(F)CCN(c2cncc(N(c3ccccc3)c3ccccc3)n2)CC1.CS(N)(=O)=O.O=C(Br)CBr.OCC1(F)CCN(c2cncc(Cl)n2)CC1.OCC1(F)CCN(c2cncc(N(c3ccccc3)c3ccccc3)n2)CC1. The lowest BCUT2D eigenvalue weighted by Gasteiger charge is -2.37. The number of halogens is 7. The lowest BCUT2D eigenvalue weighted by atomic mass is 9.94. The summed E-state index contributed by atoms with van der Waals surface area (Å²) in [7, 11) is -10.2. The van der Waals surface area contributed by atoms with Gasteiger partial charge >= 0.3 is 0 Å². The molecule has 99 heavy (non-hydrogen) atoms. The zero-order valence-electron chi connectivity index (χ0n) is 54.1. The molecule has 0 aliphatic carbocycles. The number of piperidine rings is 3. The Bertz CT molecular complexity index is 3920. The van der Waals surface area contributed by atoms with Crippen LogP contribution in [0.3, 0.4) is 0 Å². The number of aliphatic hydroxyl groups excluding tert-OH is 2. The fourth-order valence-corrected chi connectivity index (χ4v) is 10.9. The van der Waals surface area contributed by atoms with Gasteiger partial charge in [0.1, 0.15) is 46.2 Å². The number of sulfonamides is 3. The number of anilines is 9. The van der Waals surface area contributed by atoms with Gasteiger partial charge in [-0.15, -0.1) is 0 Å². The molecular weight excluding hydrogens is 1570 g/mol. The molecule has 4 aromatic carbocycles. The minimum atomic E-state index is -3.67. The maximum absolute atomic E-state index is 15.3. The summed E-state index contributed by atoms with van der Waals surface area (Å²) in [4.78, 5) is 68.0. The molecule has 3 aliphatic heterocycles. The Morgan fingerprint density at radius 1 is 0.525 bits per heavy atom. The van der Waals surface area contributed by atoms with E-state index < -0.39 is 78.7 Å². The maximum atomic E-state index is 15.3. The second kappa shape index (κ2) is 39.8. The van der Waals surface area contributed by atoms with Gasteiger partial charge < -0.3 is 29.6 Å². The Balaban J connectivity index is 0.000000246. The number of aromatic nitrogens is 6. The van der Waals surface area contributed by atoms with Crippen LogP contribution in [0, 0.1) is 0 Å². The number of hydrogen-bond donors (Lipinski definition) is 5. The Morgan fingerprint density at radius 3 is 1.09 bits per heavy atom. The monoisotopic (exact) mass is 1650 g/mol. The van der Waals surface area contributed by atoms with Crippen LogP contribution >= 0.6 is 59.4 Å². The summed E-state index contributed by atoms with van der Waals surface area (Å²) in [6, 6.07) is 39.8. The first-order valence-electron chi connectivity index (χ1n) is 30.1. The van der Waals surface area contributed by atoms with Crippen LogP contribution in [0.4, 0.5) is 65.0 Å². The second-order valence-electron chi connectivity index (χ2n) is 22.5. The molecule has 0 unspecified atom stereocenters. The van der Waals surface area contributed by atoms with Crippen LogP contribution in [0.2, 0.25) is 5.15 Å². The summed E-state index contributed by atoms with van der Waals surface area (Å²) in [6.07, 6.45) is 14.1. The first kappa shape index (κ1) is 82.6. The molecule has 0 spiro atoms. The number of ether oxygens (including phenoxy) is 1. The summed E-state index contributed by atoms with van der Waals surface area (Å²) in [5.74, 6) is 1.97. The molecule has 26 nitrogen and oxygen atoms in total. The summed E-state index contributed by atoms with van der Waals surface area (Å²) >= 11 is 14.1. The highest BCUT2D eigenvalue weighted by Gasteiger charge is 2.37. The number of carbonyl (C=O) groups excluding carboxylic acids is 3. The van der Waals surface area contributed by atoms with Gasteiger partial charge in [-0.1, -0.05) is 116 Å². The summed E-state index contributed by atoms with van der Waals surface area (Å²) in [5, 5.41) is 23.2. The molecule has 10 rings (SSSR count). The third-order valence-corrected chi connectivity index (χ3v) is 17.7. The third kappa shape index (κ3) is 30.4. The summed E-state index contributed by atoms with van der Waals surface area (Å²) < 4.78 is 113. The summed E-state index contributed by atoms with van der Waals surface area (Å²) in [6.45, 7) is 1.18. The smallest absolute Gasteiger partial charge is 0.259 e. The number of hydrogen-bond acceptors (Lipinski definition) is 23. The van der Waals surface area contributed by atoms with Gasteiger partial charge in [-0.25, -0.2) is 58.5 Å². The standard InChI is InChI=1S/C25H28FN5O4S.C22H23FN4O.C10H13ClFN3O.C3H6BrNO3S.C2H2Br2O.CH5NO2S/c1-36(33,34)29-24(32)18-35-19-25(26)12-14-30(15-13-25)22-16-27-17-23(28-22)31(20-8-4-2-5-9-20)21-10-6-3-7-11-21;23-22(17-28)11-13-26(14-12-22)20-15-24-16-21(25-20)27(18-7-3-1-4-8-18)19-9-5-2-6-10-19;11-8-5-13-6-9(14-8)15-3-1-10(12,7-16)2-4-15;1-9(7,8)5-3(6)2-4;3-1-2(4)5;1-5(2,3)4/h2-11,16-17H,12-15,18-19H2,1H3,(H,29,32);1-10,15-16,28H,11-14,17H2;5-6,16H,1-4,7H2;2H2,1H3,(H,5,6);1H2;1H3,(H2,2,3,4). The predicted molar refractivity (Wildman–Crippen MR) is 388 cm³/mol. The first-order valence-corrected chi connectivity index (χ1v) is 39.2. The number of amides is 2. The molecule has 36 heteroatoms. The molecule has 2 amide bonds. The van der Waals surface area contributed by atoms with Crippen molar-refractivity contribution < 1.29 is 67.8 Å². The normalized spacial score (nSPS) is 15.3. The number of alkyl halides is 5. The molecular formula is C63H77Br3ClF3N14O12S3. The average molecular weight is 1650 g/mol. The van der Waals surface area contributed by atoms with Crippen molar-refractivity contribution in [3.8, 4) is 0 Å². The Kier molecular flexibility index (Phi) is 33.2. The van der Waals surface area contributed by atoms with Gasteiger partial charge in [0.15, 0.2) is 11.6 Å². The number of para-hydroxylation sites is 4. The van der Waals surface area contributed by atoms with E-state index in [1.807, 2.05) is 146 Å². The number of rotatable bonds is 19. The second-order valence-corrected chi connectivity index (χ2v) is 30.0. The minimum Gasteiger partial charge on any atom is -0.393 e. The zero-order chi connectivity index (χ0) is 72.9. The van der Waals surface area contributed by atoms with Gasteiger partial charge in [0, 0.05) is 101 Å². The number of nitrogens with zero attached hydrogens (tertiary/aromatic N) is 11. The minimum absolute atomic E-state index is 0.0000694. The topological polar surface area (TPSA) is 347 Å². The number of carbonyl (C=O) groups is 3. The maximum Gasteiger partial charge on any atom is 0.259 e. The Hall–Kier alpha value is -7.06. The number of aliphatic hydroxyl groups is 2. The quantitative estimate of drug-likeness (QED) is 0.0373. The van der Waals surface area contributed by atoms with Crippen molar-refractivity contribution >= 4 is 158 Å². The number of primary sulfonamides is 1. The lowest BCUT2D eigenvalue weighted by Crippen LogP contribution is -2.45. The lowest BCUT2D eigenvalue weighted by molar-refractivity contribution is -0.125. The van der Waals surface area contributed by atoms with Crippen molar-refractivity contribution in [1.82, 2.24) is 39.3 Å². The van der Waals surface area contributed by atoms with E-state index in [2.05, 4.69) is 72.9 Å². The molecule has 7 aromatic rings. The van der Waals surface area contributed by atoms with Gasteiger partial charge in [-0.2, -0.15) is 0 Å². The van der Waals surface area contributed by atoms with Gasteiger partial charge in [-0.05, 0) is 64.5 Å². The highest BCUT2D eigenvalue weighted by atomic mass is 79.9. The van der Waals surface area contributed by atoms with Crippen LogP contribution in [0.25, 0.3) is 0 Å². The van der Waals surface area contributed by atoms with Crippen LogP contribution < -0.4 is 39.1 Å². The van der Waals surface area contributed by atoms with E-state index in [0.717, 1.165) is 41.5 Å². The molecule has 6 N–H and O–H groups in total. The van der Waals surface area contributed by atoms with E-state index in [9.17, 15) is 53.5 Å². The highest BCUT2D eigenvalue weighted by Crippen LogP contribution is 2.37. The Morgan fingerprint density at radius 2 is 0.818 bits per heavy atom. The zero-order valence-corrected chi connectivity index (χ0v) is 62.0. The molecule has 0 saturated carbocycles. The van der Waals surface area contributed by atoms with Crippen LogP contribution in [0.1, 0.15) is 38.5 Å². The molecule has 0 radical (unpaired) electrons.